The van der Waals surface area contributed by atoms with Crippen LogP contribution < -0.4 is 4.74 Å². The normalized spacial score (nSPS) is 18.6. The molecule has 2 aliphatic rings. The van der Waals surface area contributed by atoms with Gasteiger partial charge in [0, 0.05) is 36.6 Å². The maximum absolute atomic E-state index is 5.74. The van der Waals surface area contributed by atoms with E-state index in [-0.39, 0.29) is 0 Å². The third-order valence-corrected chi connectivity index (χ3v) is 6.05. The SMILES string of the molecule is Cc1cc(-c2ccc(CN3CCCC3c3cnc4c(c3)OCC4)cc2)cc(C)n1. The zero-order valence-corrected chi connectivity index (χ0v) is 17.2. The molecule has 29 heavy (non-hydrogen) atoms. The number of aromatic nitrogens is 2. The van der Waals surface area contributed by atoms with Gasteiger partial charge in [-0.25, -0.2) is 0 Å². The molecule has 4 heterocycles. The van der Waals surface area contributed by atoms with E-state index in [9.17, 15) is 0 Å². The van der Waals surface area contributed by atoms with E-state index in [1.165, 1.54) is 35.1 Å². The molecule has 0 aliphatic carbocycles. The smallest absolute Gasteiger partial charge is 0.141 e. The maximum Gasteiger partial charge on any atom is 0.141 e. The minimum absolute atomic E-state index is 0.433. The summed E-state index contributed by atoms with van der Waals surface area (Å²) >= 11 is 0. The van der Waals surface area contributed by atoms with Crippen molar-refractivity contribution in [2.45, 2.75) is 45.7 Å². The second-order valence-corrected chi connectivity index (χ2v) is 8.28. The average molecular weight is 386 g/mol. The van der Waals surface area contributed by atoms with Crippen LogP contribution in [0.3, 0.4) is 0 Å². The molecule has 0 radical (unpaired) electrons. The summed E-state index contributed by atoms with van der Waals surface area (Å²) in [6, 6.07) is 16.0. The maximum atomic E-state index is 5.74. The lowest BCUT2D eigenvalue weighted by atomic mass is 10.0. The van der Waals surface area contributed by atoms with Gasteiger partial charge in [-0.2, -0.15) is 0 Å². The standard InChI is InChI=1S/C25H27N3O/c1-17-12-21(13-18(2)27-17)20-7-5-19(6-8-20)16-28-10-3-4-24(28)22-14-25-23(26-15-22)9-11-29-25/h5-8,12-15,24H,3-4,9-11,16H2,1-2H3. The lowest BCUT2D eigenvalue weighted by Gasteiger charge is -2.25. The largest absolute Gasteiger partial charge is 0.491 e. The number of hydrogen-bond donors (Lipinski definition) is 0. The summed E-state index contributed by atoms with van der Waals surface area (Å²) in [5.74, 6) is 0.988. The van der Waals surface area contributed by atoms with Crippen LogP contribution in [0.1, 0.15) is 47.1 Å². The Morgan fingerprint density at radius 3 is 2.62 bits per heavy atom. The third-order valence-electron chi connectivity index (χ3n) is 6.05. The van der Waals surface area contributed by atoms with Crippen molar-refractivity contribution in [1.82, 2.24) is 14.9 Å². The molecule has 4 nitrogen and oxygen atoms in total. The van der Waals surface area contributed by atoms with Crippen LogP contribution in [0.2, 0.25) is 0 Å². The molecule has 3 aromatic rings. The van der Waals surface area contributed by atoms with E-state index in [0.29, 0.717) is 6.04 Å². The summed E-state index contributed by atoms with van der Waals surface area (Å²) in [5.41, 5.74) is 8.38. The van der Waals surface area contributed by atoms with Gasteiger partial charge in [0.15, 0.2) is 0 Å². The van der Waals surface area contributed by atoms with Gasteiger partial charge in [0.1, 0.15) is 5.75 Å². The first-order valence-electron chi connectivity index (χ1n) is 10.6. The first-order chi connectivity index (χ1) is 14.2. The fraction of sp³-hybridized carbons (Fsp3) is 0.360. The fourth-order valence-electron chi connectivity index (χ4n) is 4.67. The van der Waals surface area contributed by atoms with Crippen molar-refractivity contribution in [2.75, 3.05) is 13.2 Å². The Balaban J connectivity index is 1.33. The van der Waals surface area contributed by atoms with Crippen LogP contribution >= 0.6 is 0 Å². The molecule has 0 bridgehead atoms. The minimum Gasteiger partial charge on any atom is -0.491 e. The molecular formula is C25H27N3O. The number of aryl methyl sites for hydroxylation is 2. The molecule has 1 unspecified atom stereocenters. The highest BCUT2D eigenvalue weighted by Crippen LogP contribution is 2.36. The summed E-state index contributed by atoms with van der Waals surface area (Å²) in [5, 5.41) is 0. The molecule has 148 valence electrons. The first kappa shape index (κ1) is 18.3. The summed E-state index contributed by atoms with van der Waals surface area (Å²) in [6.07, 6.45) is 5.42. The minimum atomic E-state index is 0.433. The van der Waals surface area contributed by atoms with Crippen LogP contribution in [-0.4, -0.2) is 28.0 Å². The topological polar surface area (TPSA) is 38.2 Å². The second-order valence-electron chi connectivity index (χ2n) is 8.28. The van der Waals surface area contributed by atoms with Crippen molar-refractivity contribution < 1.29 is 4.74 Å². The van der Waals surface area contributed by atoms with Gasteiger partial charge in [0.2, 0.25) is 0 Å². The quantitative estimate of drug-likeness (QED) is 0.631. The van der Waals surface area contributed by atoms with Crippen molar-refractivity contribution in [3.63, 3.8) is 0 Å². The molecule has 0 amide bonds. The molecule has 2 aliphatic heterocycles. The lowest BCUT2D eigenvalue weighted by molar-refractivity contribution is 0.247. The lowest BCUT2D eigenvalue weighted by Crippen LogP contribution is -2.22. The van der Waals surface area contributed by atoms with E-state index in [1.54, 1.807) is 0 Å². The highest BCUT2D eigenvalue weighted by Gasteiger charge is 2.27. The molecule has 1 saturated heterocycles. The van der Waals surface area contributed by atoms with Gasteiger partial charge in [-0.15, -0.1) is 0 Å². The Morgan fingerprint density at radius 2 is 1.83 bits per heavy atom. The van der Waals surface area contributed by atoms with Gasteiger partial charge < -0.3 is 4.74 Å². The van der Waals surface area contributed by atoms with Gasteiger partial charge in [-0.3, -0.25) is 14.9 Å². The molecule has 2 aromatic heterocycles. The van der Waals surface area contributed by atoms with Gasteiger partial charge in [-0.05, 0) is 73.7 Å². The molecule has 5 rings (SSSR count). The average Bonchev–Trinajstić information content (AvgIpc) is 3.36. The van der Waals surface area contributed by atoms with Crippen molar-refractivity contribution in [1.29, 1.82) is 0 Å². The van der Waals surface area contributed by atoms with Gasteiger partial charge in [0.25, 0.3) is 0 Å². The highest BCUT2D eigenvalue weighted by molar-refractivity contribution is 5.64. The van der Waals surface area contributed by atoms with Crippen LogP contribution in [0.5, 0.6) is 5.75 Å². The zero-order valence-electron chi connectivity index (χ0n) is 17.2. The number of fused-ring (bicyclic) bond motifs is 1. The highest BCUT2D eigenvalue weighted by atomic mass is 16.5. The molecular weight excluding hydrogens is 358 g/mol. The number of benzene rings is 1. The van der Waals surface area contributed by atoms with Gasteiger partial charge >= 0.3 is 0 Å². The van der Waals surface area contributed by atoms with Crippen LogP contribution in [0.15, 0.2) is 48.7 Å². The predicted octanol–water partition coefficient (Wildman–Crippen LogP) is 5.03. The Labute approximate surface area is 172 Å². The van der Waals surface area contributed by atoms with Crippen LogP contribution in [0, 0.1) is 13.8 Å². The van der Waals surface area contributed by atoms with E-state index in [0.717, 1.165) is 48.9 Å². The van der Waals surface area contributed by atoms with E-state index in [2.05, 4.69) is 77.4 Å². The summed E-state index contributed by atoms with van der Waals surface area (Å²) < 4.78 is 5.74. The van der Waals surface area contributed by atoms with Gasteiger partial charge in [-0.1, -0.05) is 24.3 Å². The van der Waals surface area contributed by atoms with Crippen molar-refractivity contribution in [2.24, 2.45) is 0 Å². The molecule has 0 spiro atoms. The first-order valence-corrected chi connectivity index (χ1v) is 10.6. The molecule has 1 fully saturated rings. The zero-order chi connectivity index (χ0) is 19.8. The van der Waals surface area contributed by atoms with Crippen molar-refractivity contribution in [3.8, 4) is 16.9 Å². The number of nitrogens with zero attached hydrogens (tertiary/aromatic N) is 3. The number of likely N-dealkylation sites (tertiary alicyclic amines) is 1. The monoisotopic (exact) mass is 385 g/mol. The van der Waals surface area contributed by atoms with Crippen LogP contribution in [0.25, 0.3) is 11.1 Å². The molecule has 0 N–H and O–H groups in total. The van der Waals surface area contributed by atoms with Crippen LogP contribution in [-0.2, 0) is 13.0 Å². The predicted molar refractivity (Wildman–Crippen MR) is 115 cm³/mol. The van der Waals surface area contributed by atoms with E-state index >= 15 is 0 Å². The molecule has 0 saturated carbocycles. The van der Waals surface area contributed by atoms with Crippen molar-refractivity contribution in [3.05, 3.63) is 76.9 Å². The number of pyridine rings is 2. The number of hydrogen-bond acceptors (Lipinski definition) is 4. The van der Waals surface area contributed by atoms with Crippen molar-refractivity contribution >= 4 is 0 Å². The Morgan fingerprint density at radius 1 is 1.03 bits per heavy atom. The van der Waals surface area contributed by atoms with E-state index in [1.807, 2.05) is 0 Å². The Bertz CT molecular complexity index is 1010. The molecule has 1 atom stereocenters. The number of ether oxygens (including phenoxy) is 1. The van der Waals surface area contributed by atoms with Crippen LogP contribution in [0.4, 0.5) is 0 Å². The molecule has 4 heteroatoms. The fourth-order valence-corrected chi connectivity index (χ4v) is 4.67. The van der Waals surface area contributed by atoms with E-state index in [4.69, 9.17) is 4.74 Å². The summed E-state index contributed by atoms with van der Waals surface area (Å²) in [6.45, 7) is 6.97. The van der Waals surface area contributed by atoms with Gasteiger partial charge in [0.05, 0.1) is 12.3 Å². The molecule has 1 aromatic carbocycles. The third kappa shape index (κ3) is 3.77. The summed E-state index contributed by atoms with van der Waals surface area (Å²) in [7, 11) is 0. The number of rotatable bonds is 4. The Kier molecular flexibility index (Phi) is 4.80. The van der Waals surface area contributed by atoms with E-state index < -0.39 is 0 Å². The Hall–Kier alpha value is -2.72. The second kappa shape index (κ2) is 7.60. The summed E-state index contributed by atoms with van der Waals surface area (Å²) in [4.78, 5) is 11.7.